The molecule has 0 aliphatic carbocycles. The van der Waals surface area contributed by atoms with E-state index in [0.717, 1.165) is 44.4 Å². The average Bonchev–Trinajstić information content (AvgIpc) is 3.81. The SMILES string of the molecule is [2H]c1c([2H])c([2H])c(-c2cccc3c2[N+](c2cc(C(C)(C)C)cc(C(C)(C)C)c2)=C=[N+]3c2[c-]c(Oc3[c-]c4c(cc3)c3ccccc3n4-c3cc(C(C)(C)C)ccn3)ccc2)c([2H])c1[2H].[Pt+2]. The zero-order valence-electron chi connectivity index (χ0n) is 40.4. The average molecular weight is 971 g/mol. The van der Waals surface area contributed by atoms with Gasteiger partial charge in [0.2, 0.25) is 5.69 Å². The predicted molar refractivity (Wildman–Crippen MR) is 245 cm³/mol. The van der Waals surface area contributed by atoms with Crippen LogP contribution >= 0.6 is 0 Å². The fraction of sp³-hybridized carbons (Fsp3) is 0.222. The summed E-state index contributed by atoms with van der Waals surface area (Å²) in [5, 5.41) is 2.12. The Balaban J connectivity index is 0.00000576. The molecule has 60 heavy (non-hydrogen) atoms. The molecule has 0 amide bonds. The van der Waals surface area contributed by atoms with Gasteiger partial charge in [-0.05, 0) is 72.7 Å². The minimum absolute atomic E-state index is 0. The molecule has 0 N–H and O–H groups in total. The maximum absolute atomic E-state index is 9.01. The predicted octanol–water partition coefficient (Wildman–Crippen LogP) is 14.0. The summed E-state index contributed by atoms with van der Waals surface area (Å²) in [4.78, 5) is 4.82. The van der Waals surface area contributed by atoms with Crippen LogP contribution in [-0.4, -0.2) is 15.6 Å². The van der Waals surface area contributed by atoms with Crippen molar-refractivity contribution in [2.75, 3.05) is 0 Å². The Morgan fingerprint density at radius 1 is 0.650 bits per heavy atom. The molecule has 0 bridgehead atoms. The molecule has 9 rings (SSSR count). The summed E-state index contributed by atoms with van der Waals surface area (Å²) in [6, 6.07) is 43.2. The van der Waals surface area contributed by atoms with Crippen molar-refractivity contribution in [3.05, 3.63) is 168 Å². The van der Waals surface area contributed by atoms with Crippen LogP contribution in [0.5, 0.6) is 11.5 Å². The Kier molecular flexibility index (Phi) is 8.92. The number of ether oxygens (including phenoxy) is 1. The molecule has 5 nitrogen and oxygen atoms in total. The smallest absolute Gasteiger partial charge is 0.509 e. The summed E-state index contributed by atoms with van der Waals surface area (Å²) >= 11 is 0. The van der Waals surface area contributed by atoms with Crippen LogP contribution in [0.25, 0.3) is 38.8 Å². The van der Waals surface area contributed by atoms with Gasteiger partial charge in [0.25, 0.3) is 5.69 Å². The van der Waals surface area contributed by atoms with Gasteiger partial charge in [-0.2, -0.15) is 12.1 Å². The van der Waals surface area contributed by atoms with Gasteiger partial charge < -0.3 is 9.30 Å². The number of benzene rings is 6. The molecular weight excluding hydrogens is 916 g/mol. The van der Waals surface area contributed by atoms with E-state index in [1.165, 1.54) is 5.56 Å². The van der Waals surface area contributed by atoms with E-state index in [1.807, 2.05) is 69.9 Å². The Labute approximate surface area is 375 Å². The zero-order valence-corrected chi connectivity index (χ0v) is 37.7. The van der Waals surface area contributed by atoms with Crippen LogP contribution in [0.2, 0.25) is 0 Å². The van der Waals surface area contributed by atoms with Gasteiger partial charge in [-0.1, -0.05) is 145 Å². The fourth-order valence-electron chi connectivity index (χ4n) is 7.64. The van der Waals surface area contributed by atoms with Crippen LogP contribution in [0, 0.1) is 12.1 Å². The molecular formula is C54H50N4OPt+2. The Morgan fingerprint density at radius 3 is 2.05 bits per heavy atom. The molecule has 1 aliphatic heterocycles. The number of rotatable bonds is 6. The molecule has 8 aromatic rings. The van der Waals surface area contributed by atoms with Crippen LogP contribution < -0.4 is 13.9 Å². The van der Waals surface area contributed by atoms with Gasteiger partial charge in [0.15, 0.2) is 0 Å². The summed E-state index contributed by atoms with van der Waals surface area (Å²) in [5.41, 5.74) is 8.22. The first kappa shape index (κ1) is 34.9. The fourth-order valence-corrected chi connectivity index (χ4v) is 7.64. The summed E-state index contributed by atoms with van der Waals surface area (Å²) in [6.07, 6.45) is 1.86. The summed E-state index contributed by atoms with van der Waals surface area (Å²) in [7, 11) is 0. The number of hydrogen-bond donors (Lipinski definition) is 0. The Morgan fingerprint density at radius 2 is 1.33 bits per heavy atom. The second-order valence-electron chi connectivity index (χ2n) is 18.3. The van der Waals surface area contributed by atoms with E-state index in [9.17, 15) is 0 Å². The van der Waals surface area contributed by atoms with Crippen molar-refractivity contribution in [3.63, 3.8) is 0 Å². The molecule has 1 aliphatic rings. The van der Waals surface area contributed by atoms with Crippen molar-refractivity contribution >= 4 is 50.6 Å². The van der Waals surface area contributed by atoms with Crippen LogP contribution in [0.4, 0.5) is 22.7 Å². The molecule has 0 saturated heterocycles. The number of hydrogen-bond acceptors (Lipinski definition) is 2. The molecule has 0 unspecified atom stereocenters. The van der Waals surface area contributed by atoms with Crippen molar-refractivity contribution in [2.45, 2.75) is 78.6 Å². The van der Waals surface area contributed by atoms with E-state index in [1.54, 1.807) is 0 Å². The summed E-state index contributed by atoms with van der Waals surface area (Å²) in [5.74, 6) is 1.76. The van der Waals surface area contributed by atoms with Gasteiger partial charge in [-0.3, -0.25) is 0 Å². The van der Waals surface area contributed by atoms with Crippen molar-refractivity contribution in [1.29, 1.82) is 0 Å². The minimum Gasteiger partial charge on any atom is -0.509 e. The van der Waals surface area contributed by atoms with Crippen molar-refractivity contribution in [2.24, 2.45) is 0 Å². The molecule has 6 aromatic carbocycles. The van der Waals surface area contributed by atoms with Crippen molar-refractivity contribution < 1.29 is 32.7 Å². The molecule has 0 fully saturated rings. The monoisotopic (exact) mass is 970 g/mol. The third kappa shape index (κ3) is 7.58. The van der Waals surface area contributed by atoms with E-state index in [-0.39, 0.29) is 55.0 Å². The zero-order chi connectivity index (χ0) is 45.6. The number of pyridine rings is 1. The maximum atomic E-state index is 9.01. The van der Waals surface area contributed by atoms with Crippen LogP contribution in [0.3, 0.4) is 0 Å². The first-order valence-corrected chi connectivity index (χ1v) is 20.1. The van der Waals surface area contributed by atoms with Crippen LogP contribution in [0.15, 0.2) is 140 Å². The molecule has 2 aromatic heterocycles. The van der Waals surface area contributed by atoms with Crippen molar-refractivity contribution in [3.8, 4) is 28.4 Å². The summed E-state index contributed by atoms with van der Waals surface area (Å²) in [6.45, 7) is 19.7. The van der Waals surface area contributed by atoms with E-state index in [0.29, 0.717) is 34.1 Å². The normalized spacial score (nSPS) is 14.1. The molecule has 0 spiro atoms. The Hall–Kier alpha value is -5.86. The van der Waals surface area contributed by atoms with E-state index in [2.05, 4.69) is 134 Å². The number of nitrogens with zero attached hydrogens (tertiary/aromatic N) is 4. The molecule has 0 radical (unpaired) electrons. The van der Waals surface area contributed by atoms with E-state index < -0.39 is 18.1 Å². The maximum Gasteiger partial charge on any atom is 2.00 e. The van der Waals surface area contributed by atoms with Crippen molar-refractivity contribution in [1.82, 2.24) is 18.7 Å². The number of para-hydroxylation sites is 2. The third-order valence-electron chi connectivity index (χ3n) is 11.0. The topological polar surface area (TPSA) is 33.1 Å². The first-order valence-electron chi connectivity index (χ1n) is 22.6. The van der Waals surface area contributed by atoms with Crippen LogP contribution in [0.1, 0.15) is 85.9 Å². The van der Waals surface area contributed by atoms with Gasteiger partial charge >= 0.3 is 32.8 Å². The molecule has 300 valence electrons. The van der Waals surface area contributed by atoms with Crippen LogP contribution in [-0.2, 0) is 37.3 Å². The van der Waals surface area contributed by atoms with Gasteiger partial charge in [-0.25, -0.2) is 4.98 Å². The van der Waals surface area contributed by atoms with E-state index in [4.69, 9.17) is 16.6 Å². The first-order chi connectivity index (χ1) is 30.2. The number of aromatic nitrogens is 2. The standard InChI is InChI=1S/C54H50N4O.Pt/c1-52(2,3)37-27-28-55-50(32-37)58-47-23-14-13-21-45(47)46-26-25-43(34-49(46)58)59-42-20-15-19-40(33-42)56-35-57(41-30-38(53(4,5)6)29-39(31-41)54(7,8)9)51-44(22-16-24-48(51)56)36-17-11-10-12-18-36;/h10-32H,1-9H3;/q;+2/i10D,11D,12D,17D,18D;. The molecule has 3 heterocycles. The molecule has 0 saturated carbocycles. The minimum atomic E-state index is -0.439. The largest absolute Gasteiger partial charge is 2.00 e. The van der Waals surface area contributed by atoms with Gasteiger partial charge in [0.05, 0.1) is 12.4 Å². The molecule has 6 heteroatoms. The second kappa shape index (κ2) is 15.3. The van der Waals surface area contributed by atoms with Gasteiger partial charge in [0, 0.05) is 41.4 Å². The van der Waals surface area contributed by atoms with E-state index >= 15 is 0 Å². The molecule has 0 atom stereocenters. The van der Waals surface area contributed by atoms with Gasteiger partial charge in [-0.15, -0.1) is 23.6 Å². The number of fused-ring (bicyclic) bond motifs is 4. The Bertz CT molecular complexity index is 3250. The third-order valence-corrected chi connectivity index (χ3v) is 11.0. The second-order valence-corrected chi connectivity index (χ2v) is 18.3. The quantitative estimate of drug-likeness (QED) is 0.123. The summed E-state index contributed by atoms with van der Waals surface area (Å²) < 4.78 is 56.0. The van der Waals surface area contributed by atoms with Gasteiger partial charge in [0.1, 0.15) is 11.5 Å².